The smallest absolute Gasteiger partial charge is 0.321 e. The fourth-order valence-electron chi connectivity index (χ4n) is 2.26. The van der Waals surface area contributed by atoms with Gasteiger partial charge in [0.05, 0.1) is 13.2 Å². The second kappa shape index (κ2) is 6.53. The summed E-state index contributed by atoms with van der Waals surface area (Å²) in [5.41, 5.74) is 2.61. The van der Waals surface area contributed by atoms with Crippen molar-refractivity contribution in [3.63, 3.8) is 0 Å². The molecule has 1 aliphatic rings. The van der Waals surface area contributed by atoms with Crippen LogP contribution in [-0.2, 0) is 4.74 Å². The summed E-state index contributed by atoms with van der Waals surface area (Å²) in [5, 5.41) is 2.89. The SMILES string of the molecule is Cc1ccnc(-c2ccc(NC(=O)N3CCOCC3)cc2)n1. The Morgan fingerprint density at radius 1 is 1.18 bits per heavy atom. The number of benzene rings is 1. The summed E-state index contributed by atoms with van der Waals surface area (Å²) >= 11 is 0. The molecule has 1 aliphatic heterocycles. The number of carbonyl (C=O) groups is 1. The van der Waals surface area contributed by atoms with E-state index in [4.69, 9.17) is 4.74 Å². The Hall–Kier alpha value is -2.47. The first-order valence-corrected chi connectivity index (χ1v) is 7.26. The number of morpholine rings is 1. The summed E-state index contributed by atoms with van der Waals surface area (Å²) in [6.45, 7) is 4.37. The molecule has 2 aromatic rings. The predicted molar refractivity (Wildman–Crippen MR) is 83.6 cm³/mol. The second-order valence-electron chi connectivity index (χ2n) is 5.13. The van der Waals surface area contributed by atoms with Gasteiger partial charge in [-0.05, 0) is 37.3 Å². The minimum absolute atomic E-state index is 0.0946. The molecule has 6 heteroatoms. The van der Waals surface area contributed by atoms with E-state index in [2.05, 4.69) is 15.3 Å². The number of nitrogens with zero attached hydrogens (tertiary/aromatic N) is 3. The lowest BCUT2D eigenvalue weighted by Gasteiger charge is -2.26. The molecule has 2 amide bonds. The van der Waals surface area contributed by atoms with Crippen molar-refractivity contribution in [1.82, 2.24) is 14.9 Å². The fourth-order valence-corrected chi connectivity index (χ4v) is 2.26. The topological polar surface area (TPSA) is 67.4 Å². The van der Waals surface area contributed by atoms with E-state index in [9.17, 15) is 4.79 Å². The molecule has 0 unspecified atom stereocenters. The van der Waals surface area contributed by atoms with E-state index < -0.39 is 0 Å². The lowest BCUT2D eigenvalue weighted by molar-refractivity contribution is 0.0564. The van der Waals surface area contributed by atoms with Crippen molar-refractivity contribution in [2.24, 2.45) is 0 Å². The second-order valence-corrected chi connectivity index (χ2v) is 5.13. The zero-order valence-electron chi connectivity index (χ0n) is 12.5. The van der Waals surface area contributed by atoms with Gasteiger partial charge in [0.15, 0.2) is 5.82 Å². The molecule has 1 fully saturated rings. The molecule has 2 heterocycles. The van der Waals surface area contributed by atoms with Gasteiger partial charge < -0.3 is 15.0 Å². The van der Waals surface area contributed by atoms with E-state index in [-0.39, 0.29) is 6.03 Å². The molecule has 0 saturated carbocycles. The van der Waals surface area contributed by atoms with Crippen LogP contribution in [0.2, 0.25) is 0 Å². The molecule has 114 valence electrons. The van der Waals surface area contributed by atoms with Gasteiger partial charge in [-0.15, -0.1) is 0 Å². The summed E-state index contributed by atoms with van der Waals surface area (Å²) in [6, 6.07) is 9.30. The first-order chi connectivity index (χ1) is 10.7. The maximum absolute atomic E-state index is 12.1. The Morgan fingerprint density at radius 2 is 1.91 bits per heavy atom. The number of aryl methyl sites for hydroxylation is 1. The third kappa shape index (κ3) is 3.40. The molecule has 0 spiro atoms. The van der Waals surface area contributed by atoms with Gasteiger partial charge in [-0.1, -0.05) is 0 Å². The molecular formula is C16H18N4O2. The van der Waals surface area contributed by atoms with Crippen LogP contribution < -0.4 is 5.32 Å². The number of amides is 2. The van der Waals surface area contributed by atoms with Crippen molar-refractivity contribution in [3.8, 4) is 11.4 Å². The van der Waals surface area contributed by atoms with Gasteiger partial charge >= 0.3 is 6.03 Å². The van der Waals surface area contributed by atoms with Crippen molar-refractivity contribution in [2.75, 3.05) is 31.6 Å². The van der Waals surface area contributed by atoms with Crippen molar-refractivity contribution < 1.29 is 9.53 Å². The summed E-state index contributed by atoms with van der Waals surface area (Å²) in [7, 11) is 0. The zero-order valence-corrected chi connectivity index (χ0v) is 12.5. The van der Waals surface area contributed by atoms with E-state index in [0.29, 0.717) is 32.1 Å². The molecule has 0 atom stereocenters. The Bertz CT molecular complexity index is 651. The van der Waals surface area contributed by atoms with Gasteiger partial charge in [-0.25, -0.2) is 14.8 Å². The van der Waals surface area contributed by atoms with E-state index in [0.717, 1.165) is 16.9 Å². The van der Waals surface area contributed by atoms with Gasteiger partial charge in [0.1, 0.15) is 0 Å². The van der Waals surface area contributed by atoms with Crippen molar-refractivity contribution in [2.45, 2.75) is 6.92 Å². The van der Waals surface area contributed by atoms with Crippen LogP contribution >= 0.6 is 0 Å². The molecule has 1 N–H and O–H groups in total. The van der Waals surface area contributed by atoms with E-state index in [1.165, 1.54) is 0 Å². The maximum Gasteiger partial charge on any atom is 0.321 e. The van der Waals surface area contributed by atoms with Gasteiger partial charge in [0.25, 0.3) is 0 Å². The molecule has 6 nitrogen and oxygen atoms in total. The molecule has 1 saturated heterocycles. The van der Waals surface area contributed by atoms with Crippen LogP contribution in [0.5, 0.6) is 0 Å². The van der Waals surface area contributed by atoms with Crippen LogP contribution in [0.1, 0.15) is 5.69 Å². The number of aromatic nitrogens is 2. The fraction of sp³-hybridized carbons (Fsp3) is 0.312. The van der Waals surface area contributed by atoms with Gasteiger partial charge in [-0.3, -0.25) is 0 Å². The quantitative estimate of drug-likeness (QED) is 0.924. The normalized spacial score (nSPS) is 14.7. The third-order valence-corrected chi connectivity index (χ3v) is 3.49. The van der Waals surface area contributed by atoms with Crippen LogP contribution in [-0.4, -0.2) is 47.2 Å². The highest BCUT2D eigenvalue weighted by atomic mass is 16.5. The van der Waals surface area contributed by atoms with Crippen LogP contribution in [0.3, 0.4) is 0 Å². The van der Waals surface area contributed by atoms with Crippen molar-refractivity contribution in [1.29, 1.82) is 0 Å². The molecule has 22 heavy (non-hydrogen) atoms. The average molecular weight is 298 g/mol. The van der Waals surface area contributed by atoms with Gasteiger partial charge in [0.2, 0.25) is 0 Å². The van der Waals surface area contributed by atoms with Crippen LogP contribution in [0.25, 0.3) is 11.4 Å². The van der Waals surface area contributed by atoms with E-state index in [1.807, 2.05) is 37.3 Å². The minimum atomic E-state index is -0.0946. The first-order valence-electron chi connectivity index (χ1n) is 7.26. The molecule has 1 aromatic heterocycles. The standard InChI is InChI=1S/C16H18N4O2/c1-12-6-7-17-15(18-12)13-2-4-14(5-3-13)19-16(21)20-8-10-22-11-9-20/h2-7H,8-11H2,1H3,(H,19,21). The summed E-state index contributed by atoms with van der Waals surface area (Å²) in [5.74, 6) is 0.686. The number of hydrogen-bond acceptors (Lipinski definition) is 4. The Morgan fingerprint density at radius 3 is 2.59 bits per heavy atom. The molecular weight excluding hydrogens is 280 g/mol. The molecule has 0 bridgehead atoms. The number of anilines is 1. The largest absolute Gasteiger partial charge is 0.378 e. The highest BCUT2D eigenvalue weighted by Gasteiger charge is 2.16. The number of carbonyl (C=O) groups excluding carboxylic acids is 1. The van der Waals surface area contributed by atoms with Crippen LogP contribution in [0.15, 0.2) is 36.5 Å². The highest BCUT2D eigenvalue weighted by molar-refractivity contribution is 5.89. The zero-order chi connectivity index (χ0) is 15.4. The Labute approximate surface area is 129 Å². The van der Waals surface area contributed by atoms with Gasteiger partial charge in [-0.2, -0.15) is 0 Å². The maximum atomic E-state index is 12.1. The first kappa shape index (κ1) is 14.5. The predicted octanol–water partition coefficient (Wildman–Crippen LogP) is 2.32. The summed E-state index contributed by atoms with van der Waals surface area (Å²) in [4.78, 5) is 22.5. The van der Waals surface area contributed by atoms with E-state index >= 15 is 0 Å². The minimum Gasteiger partial charge on any atom is -0.378 e. The van der Waals surface area contributed by atoms with E-state index in [1.54, 1.807) is 11.1 Å². The summed E-state index contributed by atoms with van der Waals surface area (Å²) in [6.07, 6.45) is 1.74. The molecule has 0 aliphatic carbocycles. The van der Waals surface area contributed by atoms with Crippen LogP contribution in [0, 0.1) is 6.92 Å². The average Bonchev–Trinajstić information content (AvgIpc) is 2.56. The lowest BCUT2D eigenvalue weighted by atomic mass is 10.2. The number of ether oxygens (including phenoxy) is 1. The third-order valence-electron chi connectivity index (χ3n) is 3.49. The van der Waals surface area contributed by atoms with Crippen molar-refractivity contribution in [3.05, 3.63) is 42.2 Å². The Balaban J connectivity index is 1.67. The number of urea groups is 1. The van der Waals surface area contributed by atoms with Crippen molar-refractivity contribution >= 4 is 11.7 Å². The number of hydrogen-bond donors (Lipinski definition) is 1. The molecule has 3 rings (SSSR count). The van der Waals surface area contributed by atoms with Crippen LogP contribution in [0.4, 0.5) is 10.5 Å². The monoisotopic (exact) mass is 298 g/mol. The van der Waals surface area contributed by atoms with Gasteiger partial charge in [0, 0.05) is 36.2 Å². The summed E-state index contributed by atoms with van der Waals surface area (Å²) < 4.78 is 5.24. The number of rotatable bonds is 2. The highest BCUT2D eigenvalue weighted by Crippen LogP contribution is 2.18. The Kier molecular flexibility index (Phi) is 4.29. The molecule has 1 aromatic carbocycles. The lowest BCUT2D eigenvalue weighted by Crippen LogP contribution is -2.43. The number of nitrogens with one attached hydrogen (secondary N) is 1. The molecule has 0 radical (unpaired) electrons.